The van der Waals surface area contributed by atoms with Gasteiger partial charge >= 0.3 is 5.97 Å². The second-order valence-electron chi connectivity index (χ2n) is 9.75. The van der Waals surface area contributed by atoms with Gasteiger partial charge in [-0.1, -0.05) is 0 Å². The molecule has 0 aromatic heterocycles. The number of carbonyl (C=O) groups is 1. The molecule has 0 N–H and O–H groups in total. The Morgan fingerprint density at radius 3 is 2.34 bits per heavy atom. The van der Waals surface area contributed by atoms with Crippen LogP contribution in [0.25, 0.3) is 0 Å². The highest BCUT2D eigenvalue weighted by Gasteiger charge is 2.58. The van der Waals surface area contributed by atoms with Crippen LogP contribution in [-0.4, -0.2) is 38.5 Å². The molecule has 164 valence electrons. The van der Waals surface area contributed by atoms with Crippen LogP contribution >= 0.6 is 0 Å². The lowest BCUT2D eigenvalue weighted by Crippen LogP contribution is -2.54. The smallest absolute Gasteiger partial charge is 0.402 e. The number of rotatable bonds is 12. The maximum atomic E-state index is 13.2. The molecular formula is C23H35F2O4+. The molecule has 4 nitrogen and oxygen atoms in total. The lowest BCUT2D eigenvalue weighted by atomic mass is 9.43. The minimum absolute atomic E-state index is 0.0554. The number of esters is 1. The Morgan fingerprint density at radius 1 is 1.10 bits per heavy atom. The van der Waals surface area contributed by atoms with Crippen LogP contribution in [0.4, 0.5) is 8.78 Å². The van der Waals surface area contributed by atoms with Crippen molar-refractivity contribution in [3.05, 3.63) is 19.1 Å². The second-order valence-corrected chi connectivity index (χ2v) is 9.75. The van der Waals surface area contributed by atoms with E-state index in [1.165, 1.54) is 6.42 Å². The summed E-state index contributed by atoms with van der Waals surface area (Å²) in [5, 5.41) is 0. The summed E-state index contributed by atoms with van der Waals surface area (Å²) >= 11 is 0. The molecular weight excluding hydrogens is 378 g/mol. The van der Waals surface area contributed by atoms with Gasteiger partial charge in [-0.3, -0.25) is 0 Å². The molecule has 6 heteroatoms. The SMILES string of the molecule is C=C([CH2+])C(=O)OCCCCOC(C)OCC12CC3CC(C1)CC(CC(F)F)(C3)C2. The van der Waals surface area contributed by atoms with Crippen molar-refractivity contribution in [2.45, 2.75) is 77.4 Å². The van der Waals surface area contributed by atoms with Gasteiger partial charge in [0.05, 0.1) is 6.61 Å². The Hall–Kier alpha value is -1.14. The van der Waals surface area contributed by atoms with Gasteiger partial charge in [-0.05, 0) is 81.0 Å². The summed E-state index contributed by atoms with van der Waals surface area (Å²) in [6.07, 6.45) is 5.27. The molecule has 0 spiro atoms. The van der Waals surface area contributed by atoms with Gasteiger partial charge < -0.3 is 14.2 Å². The Balaban J connectivity index is 1.37. The van der Waals surface area contributed by atoms with Crippen LogP contribution < -0.4 is 0 Å². The van der Waals surface area contributed by atoms with E-state index < -0.39 is 12.4 Å². The van der Waals surface area contributed by atoms with Gasteiger partial charge in [-0.25, -0.2) is 8.78 Å². The molecule has 3 unspecified atom stereocenters. The molecule has 29 heavy (non-hydrogen) atoms. The molecule has 4 aliphatic carbocycles. The van der Waals surface area contributed by atoms with Crippen LogP contribution in [0.2, 0.25) is 0 Å². The van der Waals surface area contributed by atoms with Crippen LogP contribution in [0.5, 0.6) is 0 Å². The van der Waals surface area contributed by atoms with Gasteiger partial charge in [0, 0.05) is 26.5 Å². The molecule has 4 rings (SSSR count). The standard InChI is InChI=1S/C23H35F2O4/c1-16(2)21(26)28-7-5-4-6-27-17(3)29-15-23-11-18-8-19(12-23)10-22(9-18,14-23)13-20(24)25/h17-20H,1-2,4-15H2,3H3/q+1. The van der Waals surface area contributed by atoms with Crippen molar-refractivity contribution in [2.75, 3.05) is 19.8 Å². The van der Waals surface area contributed by atoms with E-state index in [1.54, 1.807) is 0 Å². The zero-order valence-corrected chi connectivity index (χ0v) is 17.6. The largest absolute Gasteiger partial charge is 0.448 e. The van der Waals surface area contributed by atoms with Crippen molar-refractivity contribution in [3.8, 4) is 0 Å². The van der Waals surface area contributed by atoms with Gasteiger partial charge in [0.15, 0.2) is 6.29 Å². The summed E-state index contributed by atoms with van der Waals surface area (Å²) in [6, 6.07) is 0. The van der Waals surface area contributed by atoms with Gasteiger partial charge in [0.2, 0.25) is 12.0 Å². The normalized spacial score (nSPS) is 33.8. The highest BCUT2D eigenvalue weighted by molar-refractivity contribution is 5.88. The third-order valence-corrected chi connectivity index (χ3v) is 6.93. The summed E-state index contributed by atoms with van der Waals surface area (Å²) in [5.74, 6) is 0.710. The average molecular weight is 414 g/mol. The lowest BCUT2D eigenvalue weighted by Gasteiger charge is -2.62. The first kappa shape index (κ1) is 22.5. The monoisotopic (exact) mass is 413 g/mol. The third kappa shape index (κ3) is 5.94. The van der Waals surface area contributed by atoms with Crippen LogP contribution in [0.15, 0.2) is 12.2 Å². The first-order valence-electron chi connectivity index (χ1n) is 10.9. The van der Waals surface area contributed by atoms with E-state index in [0.717, 1.165) is 38.5 Å². The third-order valence-electron chi connectivity index (χ3n) is 6.93. The van der Waals surface area contributed by atoms with Crippen LogP contribution in [0.1, 0.15) is 64.7 Å². The molecule has 0 aliphatic heterocycles. The highest BCUT2D eigenvalue weighted by Crippen LogP contribution is 2.66. The molecule has 0 radical (unpaired) electrons. The number of hydrogen-bond donors (Lipinski definition) is 0. The molecule has 4 bridgehead atoms. The van der Waals surface area contributed by atoms with Gasteiger partial charge in [0.25, 0.3) is 0 Å². The number of halogens is 2. The van der Waals surface area contributed by atoms with Gasteiger partial charge in [-0.15, -0.1) is 0 Å². The minimum Gasteiger partial charge on any atom is -0.402 e. The van der Waals surface area contributed by atoms with Crippen molar-refractivity contribution < 1.29 is 27.8 Å². The quantitative estimate of drug-likeness (QED) is 0.143. The summed E-state index contributed by atoms with van der Waals surface area (Å²) in [6.45, 7) is 10.2. The molecule has 4 saturated carbocycles. The molecule has 0 saturated heterocycles. The Morgan fingerprint density at radius 2 is 1.72 bits per heavy atom. The molecule has 0 aromatic carbocycles. The molecule has 0 amide bonds. The maximum absolute atomic E-state index is 13.2. The van der Waals surface area contributed by atoms with E-state index in [-0.39, 0.29) is 29.1 Å². The van der Waals surface area contributed by atoms with E-state index in [0.29, 0.717) is 38.1 Å². The number of hydrogen-bond acceptors (Lipinski definition) is 4. The predicted octanol–water partition coefficient (Wildman–Crippen LogP) is 5.32. The van der Waals surface area contributed by atoms with Crippen molar-refractivity contribution in [3.63, 3.8) is 0 Å². The molecule has 4 aliphatic rings. The van der Waals surface area contributed by atoms with Crippen molar-refractivity contribution in [2.24, 2.45) is 22.7 Å². The number of carbonyl (C=O) groups excluding carboxylic acids is 1. The summed E-state index contributed by atoms with van der Waals surface area (Å²) < 4.78 is 43.2. The average Bonchev–Trinajstić information content (AvgIpc) is 2.60. The first-order valence-corrected chi connectivity index (χ1v) is 10.9. The van der Waals surface area contributed by atoms with Crippen molar-refractivity contribution in [1.29, 1.82) is 0 Å². The number of ether oxygens (including phenoxy) is 3. The fourth-order valence-corrected chi connectivity index (χ4v) is 6.45. The van der Waals surface area contributed by atoms with E-state index in [4.69, 9.17) is 14.2 Å². The number of unbranched alkanes of at least 4 members (excludes halogenated alkanes) is 1. The van der Waals surface area contributed by atoms with Crippen molar-refractivity contribution in [1.82, 2.24) is 0 Å². The van der Waals surface area contributed by atoms with Gasteiger partial charge in [0.1, 0.15) is 6.61 Å². The number of alkyl halides is 2. The summed E-state index contributed by atoms with van der Waals surface area (Å²) in [4.78, 5) is 11.2. The summed E-state index contributed by atoms with van der Waals surface area (Å²) in [7, 11) is 0. The fourth-order valence-electron chi connectivity index (χ4n) is 6.45. The van der Waals surface area contributed by atoms with E-state index in [2.05, 4.69) is 13.5 Å². The van der Waals surface area contributed by atoms with Gasteiger partial charge in [-0.2, -0.15) is 4.79 Å². The topological polar surface area (TPSA) is 44.8 Å². The molecule has 3 atom stereocenters. The first-order chi connectivity index (χ1) is 13.7. The lowest BCUT2D eigenvalue weighted by molar-refractivity contribution is -0.197. The highest BCUT2D eigenvalue weighted by atomic mass is 19.3. The molecule has 0 aromatic rings. The second kappa shape index (κ2) is 9.34. The van der Waals surface area contributed by atoms with Crippen molar-refractivity contribution >= 4 is 5.97 Å². The summed E-state index contributed by atoms with van der Waals surface area (Å²) in [5.41, 5.74) is 0.0485. The predicted molar refractivity (Wildman–Crippen MR) is 106 cm³/mol. The fraction of sp³-hybridized carbons (Fsp3) is 0.826. The Kier molecular flexibility index (Phi) is 7.26. The minimum atomic E-state index is -2.21. The Bertz CT molecular complexity index is 572. The van der Waals surface area contributed by atoms with E-state index in [9.17, 15) is 13.6 Å². The van der Waals surface area contributed by atoms with Crippen LogP contribution in [0.3, 0.4) is 0 Å². The van der Waals surface area contributed by atoms with E-state index >= 15 is 0 Å². The molecule has 0 heterocycles. The van der Waals surface area contributed by atoms with Crippen LogP contribution in [0, 0.1) is 29.6 Å². The Labute approximate surface area is 173 Å². The maximum Gasteiger partial charge on any atom is 0.448 e. The molecule has 4 fully saturated rings. The zero-order valence-electron chi connectivity index (χ0n) is 17.6. The van der Waals surface area contributed by atoms with E-state index in [1.807, 2.05) is 6.92 Å². The van der Waals surface area contributed by atoms with Crippen LogP contribution in [-0.2, 0) is 19.0 Å². The zero-order chi connectivity index (χ0) is 21.1.